The number of aromatic amines is 1. The number of pyridine rings is 1. The Morgan fingerprint density at radius 2 is 1.97 bits per heavy atom. The highest BCUT2D eigenvalue weighted by atomic mass is 16.5. The van der Waals surface area contributed by atoms with Crippen LogP contribution < -0.4 is 15.8 Å². The highest BCUT2D eigenvalue weighted by Gasteiger charge is 2.24. The Kier molecular flexibility index (Phi) is 7.19. The average molecular weight is 422 g/mol. The van der Waals surface area contributed by atoms with Gasteiger partial charge in [0, 0.05) is 60.4 Å². The normalized spacial score (nSPS) is 14.2. The first kappa shape index (κ1) is 22.6. The molecule has 0 atom stereocenters. The highest BCUT2D eigenvalue weighted by molar-refractivity contribution is 5.97. The topological polar surface area (TPSA) is 74.4 Å². The van der Waals surface area contributed by atoms with Gasteiger partial charge in [-0.05, 0) is 69.9 Å². The maximum absolute atomic E-state index is 13.1. The fourth-order valence-electron chi connectivity index (χ4n) is 4.30. The molecule has 31 heavy (non-hydrogen) atoms. The molecule has 3 rings (SSSR count). The minimum atomic E-state index is -0.238. The number of aryl methyl sites for hydroxylation is 2. The van der Waals surface area contributed by atoms with Crippen molar-refractivity contribution in [3.05, 3.63) is 62.1 Å². The first-order chi connectivity index (χ1) is 14.8. The Labute approximate surface area is 184 Å². The number of carbonyl (C=O) groups is 1. The molecular weight excluding hydrogens is 390 g/mol. The van der Waals surface area contributed by atoms with Gasteiger partial charge in [0.2, 0.25) is 0 Å². The van der Waals surface area contributed by atoms with Crippen LogP contribution in [0.4, 0.5) is 5.69 Å². The second kappa shape index (κ2) is 9.84. The molecule has 0 radical (unpaired) electrons. The number of nitrogens with one attached hydrogen (secondary N) is 2. The molecule has 1 fully saturated rings. The third-order valence-electron chi connectivity index (χ3n) is 5.99. The number of H-pyrrole nitrogens is 1. The lowest BCUT2D eigenvalue weighted by Crippen LogP contribution is -2.40. The maximum atomic E-state index is 13.1. The standard InChI is InChI=1S/C25H31N3O3/c1-6-19-13-21(24(29)26-15-22-16(3)12-17(4)27-25(22)30)18(5)23(14-19)28(7-2)20-8-10-31-11-9-20/h1,12-14,20H,7-11,15H2,2-5H3,(H,26,29)(H,27,30). The summed E-state index contributed by atoms with van der Waals surface area (Å²) in [5.74, 6) is 2.45. The molecule has 1 aliphatic heterocycles. The van der Waals surface area contributed by atoms with Gasteiger partial charge in [0.05, 0.1) is 0 Å². The number of hydrogen-bond acceptors (Lipinski definition) is 4. The Morgan fingerprint density at radius 1 is 1.26 bits per heavy atom. The summed E-state index contributed by atoms with van der Waals surface area (Å²) >= 11 is 0. The molecule has 6 heteroatoms. The summed E-state index contributed by atoms with van der Waals surface area (Å²) in [6.45, 7) is 10.2. The highest BCUT2D eigenvalue weighted by Crippen LogP contribution is 2.29. The largest absolute Gasteiger partial charge is 0.381 e. The van der Waals surface area contributed by atoms with Crippen molar-refractivity contribution in [3.63, 3.8) is 0 Å². The minimum absolute atomic E-state index is 0.160. The molecule has 2 heterocycles. The summed E-state index contributed by atoms with van der Waals surface area (Å²) in [6.07, 6.45) is 7.61. The van der Waals surface area contributed by atoms with E-state index in [1.807, 2.05) is 32.9 Å². The van der Waals surface area contributed by atoms with Crippen LogP contribution in [0.2, 0.25) is 0 Å². The number of hydrogen-bond donors (Lipinski definition) is 2. The molecule has 0 spiro atoms. The van der Waals surface area contributed by atoms with Crippen molar-refractivity contribution in [2.75, 3.05) is 24.7 Å². The van der Waals surface area contributed by atoms with Crippen LogP contribution in [0, 0.1) is 33.1 Å². The van der Waals surface area contributed by atoms with E-state index in [-0.39, 0.29) is 18.0 Å². The monoisotopic (exact) mass is 421 g/mol. The van der Waals surface area contributed by atoms with Crippen LogP contribution >= 0.6 is 0 Å². The van der Waals surface area contributed by atoms with Gasteiger partial charge in [-0.15, -0.1) is 6.42 Å². The van der Waals surface area contributed by atoms with Crippen molar-refractivity contribution in [2.45, 2.75) is 53.1 Å². The van der Waals surface area contributed by atoms with Crippen LogP contribution in [0.15, 0.2) is 23.0 Å². The third-order valence-corrected chi connectivity index (χ3v) is 5.99. The Morgan fingerprint density at radius 3 is 2.58 bits per heavy atom. The van der Waals surface area contributed by atoms with E-state index in [9.17, 15) is 9.59 Å². The number of rotatable bonds is 6. The minimum Gasteiger partial charge on any atom is -0.381 e. The Balaban J connectivity index is 1.90. The molecule has 2 aromatic rings. The van der Waals surface area contributed by atoms with Crippen LogP contribution in [0.5, 0.6) is 0 Å². The predicted molar refractivity (Wildman–Crippen MR) is 124 cm³/mol. The number of nitrogens with zero attached hydrogens (tertiary/aromatic N) is 1. The molecule has 1 saturated heterocycles. The molecule has 2 N–H and O–H groups in total. The molecule has 0 saturated carbocycles. The van der Waals surface area contributed by atoms with Crippen molar-refractivity contribution in [1.82, 2.24) is 10.3 Å². The molecular formula is C25H31N3O3. The van der Waals surface area contributed by atoms with Crippen molar-refractivity contribution in [3.8, 4) is 12.3 Å². The molecule has 6 nitrogen and oxygen atoms in total. The SMILES string of the molecule is C#Cc1cc(C(=O)NCc2c(C)cc(C)[nH]c2=O)c(C)c(N(CC)C2CCOCC2)c1. The van der Waals surface area contributed by atoms with Crippen LogP contribution in [0.25, 0.3) is 0 Å². The number of ether oxygens (including phenoxy) is 1. The first-order valence-corrected chi connectivity index (χ1v) is 10.8. The zero-order chi connectivity index (χ0) is 22.5. The average Bonchev–Trinajstić information content (AvgIpc) is 2.75. The van der Waals surface area contributed by atoms with Crippen LogP contribution in [-0.4, -0.2) is 36.7 Å². The molecule has 1 aromatic heterocycles. The molecule has 164 valence electrons. The summed E-state index contributed by atoms with van der Waals surface area (Å²) in [6, 6.07) is 5.99. The lowest BCUT2D eigenvalue weighted by Gasteiger charge is -2.36. The quantitative estimate of drug-likeness (QED) is 0.703. The third kappa shape index (κ3) is 5.00. The molecule has 0 unspecified atom stereocenters. The number of benzene rings is 1. The van der Waals surface area contributed by atoms with E-state index in [4.69, 9.17) is 11.2 Å². The zero-order valence-electron chi connectivity index (χ0n) is 18.8. The van der Waals surface area contributed by atoms with Gasteiger partial charge < -0.3 is 19.9 Å². The first-order valence-electron chi connectivity index (χ1n) is 10.8. The molecule has 1 aromatic carbocycles. The van der Waals surface area contributed by atoms with Gasteiger partial charge >= 0.3 is 0 Å². The van der Waals surface area contributed by atoms with E-state index in [2.05, 4.69) is 28.0 Å². The van der Waals surface area contributed by atoms with Crippen LogP contribution in [0.1, 0.15) is 58.1 Å². The Hall–Kier alpha value is -3.04. The zero-order valence-corrected chi connectivity index (χ0v) is 18.8. The van der Waals surface area contributed by atoms with E-state index < -0.39 is 0 Å². The maximum Gasteiger partial charge on any atom is 0.253 e. The van der Waals surface area contributed by atoms with Gasteiger partial charge in [0.15, 0.2) is 0 Å². The van der Waals surface area contributed by atoms with Gasteiger partial charge in [-0.1, -0.05) is 5.92 Å². The van der Waals surface area contributed by atoms with Gasteiger partial charge in [-0.2, -0.15) is 0 Å². The van der Waals surface area contributed by atoms with Crippen LogP contribution in [-0.2, 0) is 11.3 Å². The summed E-state index contributed by atoms with van der Waals surface area (Å²) in [5, 5.41) is 2.91. The molecule has 0 aliphatic carbocycles. The second-order valence-corrected chi connectivity index (χ2v) is 8.07. The lowest BCUT2D eigenvalue weighted by atomic mass is 9.98. The fraction of sp³-hybridized carbons (Fsp3) is 0.440. The Bertz CT molecular complexity index is 1060. The molecule has 1 aliphatic rings. The van der Waals surface area contributed by atoms with Crippen LogP contribution in [0.3, 0.4) is 0 Å². The van der Waals surface area contributed by atoms with Gasteiger partial charge in [-0.25, -0.2) is 0 Å². The number of terminal acetylenes is 1. The number of amides is 1. The van der Waals surface area contributed by atoms with Gasteiger partial charge in [0.25, 0.3) is 11.5 Å². The summed E-state index contributed by atoms with van der Waals surface area (Å²) < 4.78 is 5.52. The lowest BCUT2D eigenvalue weighted by molar-refractivity contribution is 0.0845. The molecule has 0 bridgehead atoms. The van der Waals surface area contributed by atoms with Crippen molar-refractivity contribution in [1.29, 1.82) is 0 Å². The van der Waals surface area contributed by atoms with Crippen molar-refractivity contribution < 1.29 is 9.53 Å². The summed E-state index contributed by atoms with van der Waals surface area (Å²) in [4.78, 5) is 30.5. The van der Waals surface area contributed by atoms with E-state index in [1.54, 1.807) is 6.07 Å². The number of carbonyl (C=O) groups excluding carboxylic acids is 1. The van der Waals surface area contributed by atoms with E-state index in [0.29, 0.717) is 22.7 Å². The van der Waals surface area contributed by atoms with E-state index in [1.165, 1.54) is 0 Å². The van der Waals surface area contributed by atoms with E-state index in [0.717, 1.165) is 55.1 Å². The smallest absolute Gasteiger partial charge is 0.253 e. The summed E-state index contributed by atoms with van der Waals surface area (Å²) in [5.41, 5.74) is 5.11. The summed E-state index contributed by atoms with van der Waals surface area (Å²) in [7, 11) is 0. The number of anilines is 1. The number of aromatic nitrogens is 1. The van der Waals surface area contributed by atoms with Crippen molar-refractivity contribution in [2.24, 2.45) is 0 Å². The van der Waals surface area contributed by atoms with Crippen molar-refractivity contribution >= 4 is 11.6 Å². The fourth-order valence-corrected chi connectivity index (χ4v) is 4.30. The van der Waals surface area contributed by atoms with Gasteiger partial charge in [0.1, 0.15) is 0 Å². The molecule has 1 amide bonds. The second-order valence-electron chi connectivity index (χ2n) is 8.07. The van der Waals surface area contributed by atoms with E-state index >= 15 is 0 Å². The van der Waals surface area contributed by atoms with Gasteiger partial charge in [-0.3, -0.25) is 9.59 Å². The predicted octanol–water partition coefficient (Wildman–Crippen LogP) is 3.22.